The molecule has 1 N–H and O–H groups in total. The molecule has 0 radical (unpaired) electrons. The molecule has 6 nitrogen and oxygen atoms in total. The molecule has 1 aromatic carbocycles. The summed E-state index contributed by atoms with van der Waals surface area (Å²) in [4.78, 5) is 37.3. The second-order valence-corrected chi connectivity index (χ2v) is 5.37. The molecule has 0 saturated carbocycles. The predicted molar refractivity (Wildman–Crippen MR) is 81.9 cm³/mol. The Hall–Kier alpha value is -2.67. The van der Waals surface area contributed by atoms with Crippen LogP contribution in [-0.4, -0.2) is 17.8 Å². The molecule has 2 aromatic rings. The molecule has 7 heteroatoms. The van der Waals surface area contributed by atoms with Crippen molar-refractivity contribution in [3.05, 3.63) is 58.5 Å². The zero-order chi connectivity index (χ0) is 15.7. The molecule has 1 saturated heterocycles. The van der Waals surface area contributed by atoms with E-state index in [2.05, 4.69) is 21.2 Å². The summed E-state index contributed by atoms with van der Waals surface area (Å²) in [7, 11) is 0. The minimum Gasteiger partial charge on any atom is -0.465 e. The van der Waals surface area contributed by atoms with E-state index < -0.39 is 17.8 Å². The van der Waals surface area contributed by atoms with Crippen LogP contribution in [0.3, 0.4) is 0 Å². The zero-order valence-electron chi connectivity index (χ0n) is 11.1. The average molecular weight is 361 g/mol. The maximum absolute atomic E-state index is 12.5. The highest BCUT2D eigenvalue weighted by atomic mass is 79.9. The number of nitrogens with zero attached hydrogens (tertiary/aromatic N) is 1. The molecule has 1 aliphatic heterocycles. The van der Waals surface area contributed by atoms with E-state index >= 15 is 0 Å². The Bertz CT molecular complexity index is 796. The highest BCUT2D eigenvalue weighted by Crippen LogP contribution is 2.24. The number of hydrogen-bond donors (Lipinski definition) is 1. The number of imide groups is 2. The van der Waals surface area contributed by atoms with Crippen LogP contribution in [-0.2, 0) is 9.59 Å². The molecule has 4 amide bonds. The first kappa shape index (κ1) is 14.3. The summed E-state index contributed by atoms with van der Waals surface area (Å²) in [6, 6.07) is 9.11. The van der Waals surface area contributed by atoms with Gasteiger partial charge in [-0.3, -0.25) is 14.9 Å². The van der Waals surface area contributed by atoms with Crippen LogP contribution in [0.15, 0.2) is 57.1 Å². The molecular weight excluding hydrogens is 352 g/mol. The van der Waals surface area contributed by atoms with Crippen molar-refractivity contribution in [2.24, 2.45) is 0 Å². The molecular formula is C15H9BrN2O4. The van der Waals surface area contributed by atoms with Crippen LogP contribution < -0.4 is 10.2 Å². The van der Waals surface area contributed by atoms with Gasteiger partial charge >= 0.3 is 6.03 Å². The van der Waals surface area contributed by atoms with Crippen molar-refractivity contribution in [1.29, 1.82) is 0 Å². The van der Waals surface area contributed by atoms with E-state index in [9.17, 15) is 14.4 Å². The smallest absolute Gasteiger partial charge is 0.335 e. The third-order valence-corrected chi connectivity index (χ3v) is 3.49. The minimum absolute atomic E-state index is 0.172. The molecule has 1 fully saturated rings. The van der Waals surface area contributed by atoms with E-state index in [1.165, 1.54) is 12.3 Å². The molecule has 22 heavy (non-hydrogen) atoms. The van der Waals surface area contributed by atoms with Crippen LogP contribution in [0.1, 0.15) is 5.76 Å². The van der Waals surface area contributed by atoms with E-state index in [-0.39, 0.29) is 5.57 Å². The van der Waals surface area contributed by atoms with Crippen molar-refractivity contribution in [2.45, 2.75) is 0 Å². The molecule has 0 unspecified atom stereocenters. The fourth-order valence-electron chi connectivity index (χ4n) is 2.02. The number of urea groups is 1. The summed E-state index contributed by atoms with van der Waals surface area (Å²) in [5, 5.41) is 2.14. The number of nitrogens with one attached hydrogen (secondary N) is 1. The Balaban J connectivity index is 2.03. The molecule has 110 valence electrons. The number of hydrogen-bond acceptors (Lipinski definition) is 4. The van der Waals surface area contributed by atoms with E-state index in [4.69, 9.17) is 4.42 Å². The molecule has 0 spiro atoms. The fourth-order valence-corrected chi connectivity index (χ4v) is 2.41. The molecule has 3 rings (SSSR count). The number of amides is 4. The van der Waals surface area contributed by atoms with Gasteiger partial charge in [-0.15, -0.1) is 0 Å². The lowest BCUT2D eigenvalue weighted by Gasteiger charge is -2.26. The third-order valence-electron chi connectivity index (χ3n) is 3.00. The van der Waals surface area contributed by atoms with Gasteiger partial charge in [-0.1, -0.05) is 22.0 Å². The van der Waals surface area contributed by atoms with Crippen molar-refractivity contribution in [3.8, 4) is 0 Å². The van der Waals surface area contributed by atoms with Crippen molar-refractivity contribution in [1.82, 2.24) is 5.32 Å². The van der Waals surface area contributed by atoms with E-state index in [1.807, 2.05) is 0 Å². The lowest BCUT2D eigenvalue weighted by Crippen LogP contribution is -2.54. The lowest BCUT2D eigenvalue weighted by molar-refractivity contribution is -0.122. The van der Waals surface area contributed by atoms with Crippen LogP contribution in [0, 0.1) is 0 Å². The molecule has 1 aliphatic rings. The van der Waals surface area contributed by atoms with Crippen molar-refractivity contribution in [3.63, 3.8) is 0 Å². The van der Waals surface area contributed by atoms with Crippen LogP contribution in [0.2, 0.25) is 0 Å². The van der Waals surface area contributed by atoms with Gasteiger partial charge in [0.15, 0.2) is 0 Å². The molecule has 1 aromatic heterocycles. The second-order valence-electron chi connectivity index (χ2n) is 4.45. The number of barbiturate groups is 1. The van der Waals surface area contributed by atoms with Gasteiger partial charge in [0.25, 0.3) is 11.8 Å². The second kappa shape index (κ2) is 5.61. The van der Waals surface area contributed by atoms with Crippen molar-refractivity contribution in [2.75, 3.05) is 4.90 Å². The number of carbonyl (C=O) groups is 3. The number of furan rings is 1. The summed E-state index contributed by atoms with van der Waals surface area (Å²) in [5.41, 5.74) is 0.184. The van der Waals surface area contributed by atoms with E-state index in [1.54, 1.807) is 36.4 Å². The van der Waals surface area contributed by atoms with Crippen molar-refractivity contribution >= 4 is 45.5 Å². The SMILES string of the molecule is O=C1NC(=O)N(c2cccc(Br)c2)C(=O)/C1=C\c1ccco1. The largest absolute Gasteiger partial charge is 0.465 e. The summed E-state index contributed by atoms with van der Waals surface area (Å²) in [6.07, 6.45) is 2.73. The summed E-state index contributed by atoms with van der Waals surface area (Å²) < 4.78 is 5.81. The Morgan fingerprint density at radius 1 is 1.14 bits per heavy atom. The van der Waals surface area contributed by atoms with E-state index in [0.29, 0.717) is 15.9 Å². The van der Waals surface area contributed by atoms with Crippen molar-refractivity contribution < 1.29 is 18.8 Å². The van der Waals surface area contributed by atoms with Gasteiger partial charge in [0, 0.05) is 4.47 Å². The highest BCUT2D eigenvalue weighted by molar-refractivity contribution is 9.10. The Morgan fingerprint density at radius 3 is 2.64 bits per heavy atom. The molecule has 0 aliphatic carbocycles. The lowest BCUT2D eigenvalue weighted by atomic mass is 10.1. The van der Waals surface area contributed by atoms with Gasteiger partial charge in [0.2, 0.25) is 0 Å². The topological polar surface area (TPSA) is 79.6 Å². The van der Waals surface area contributed by atoms with Gasteiger partial charge in [-0.25, -0.2) is 9.69 Å². The monoisotopic (exact) mass is 360 g/mol. The van der Waals surface area contributed by atoms with Gasteiger partial charge in [-0.05, 0) is 36.4 Å². The number of halogens is 1. The Morgan fingerprint density at radius 2 is 1.95 bits per heavy atom. The highest BCUT2D eigenvalue weighted by Gasteiger charge is 2.37. The normalized spacial score (nSPS) is 17.0. The first-order valence-corrected chi connectivity index (χ1v) is 7.06. The number of rotatable bonds is 2. The third kappa shape index (κ3) is 2.58. The van der Waals surface area contributed by atoms with Gasteiger partial charge < -0.3 is 4.42 Å². The van der Waals surface area contributed by atoms with Crippen LogP contribution in [0.25, 0.3) is 6.08 Å². The van der Waals surface area contributed by atoms with Gasteiger partial charge in [-0.2, -0.15) is 0 Å². The standard InChI is InChI=1S/C15H9BrN2O4/c16-9-3-1-4-10(7-9)18-14(20)12(13(19)17-15(18)21)8-11-5-2-6-22-11/h1-8H,(H,17,19,21)/b12-8-. The Kier molecular flexibility index (Phi) is 3.64. The zero-order valence-corrected chi connectivity index (χ0v) is 12.7. The fraction of sp³-hybridized carbons (Fsp3) is 0. The maximum atomic E-state index is 12.5. The van der Waals surface area contributed by atoms with Crippen LogP contribution in [0.4, 0.5) is 10.5 Å². The Labute approximate surface area is 133 Å². The maximum Gasteiger partial charge on any atom is 0.335 e. The van der Waals surface area contributed by atoms with Gasteiger partial charge in [0.1, 0.15) is 11.3 Å². The first-order chi connectivity index (χ1) is 10.6. The number of benzene rings is 1. The predicted octanol–water partition coefficient (Wildman–Crippen LogP) is 2.71. The van der Waals surface area contributed by atoms with Crippen LogP contribution in [0.5, 0.6) is 0 Å². The number of anilines is 1. The van der Waals surface area contributed by atoms with E-state index in [0.717, 1.165) is 4.90 Å². The first-order valence-electron chi connectivity index (χ1n) is 6.27. The quantitative estimate of drug-likeness (QED) is 0.659. The molecule has 2 heterocycles. The van der Waals surface area contributed by atoms with Gasteiger partial charge in [0.05, 0.1) is 12.0 Å². The minimum atomic E-state index is -0.787. The number of carbonyl (C=O) groups excluding carboxylic acids is 3. The van der Waals surface area contributed by atoms with Crippen LogP contribution >= 0.6 is 15.9 Å². The summed E-state index contributed by atoms with van der Waals surface area (Å²) in [6.45, 7) is 0. The summed E-state index contributed by atoms with van der Waals surface area (Å²) >= 11 is 3.28. The summed E-state index contributed by atoms with van der Waals surface area (Å²) in [5.74, 6) is -1.11. The molecule has 0 atom stereocenters. The molecule has 0 bridgehead atoms. The average Bonchev–Trinajstić information content (AvgIpc) is 2.96.